The van der Waals surface area contributed by atoms with E-state index in [2.05, 4.69) is 9.98 Å². The number of para-hydroxylation sites is 4. The number of ether oxygens (including phenoxy) is 2. The summed E-state index contributed by atoms with van der Waals surface area (Å²) in [7, 11) is 0. The maximum absolute atomic E-state index is 11.2. The fourth-order valence-electron chi connectivity index (χ4n) is 2.20. The maximum atomic E-state index is 11.2. The lowest BCUT2D eigenvalue weighted by atomic mass is 10.2. The molecule has 0 unspecified atom stereocenters. The monoisotopic (exact) mass is 386 g/mol. The summed E-state index contributed by atoms with van der Waals surface area (Å²) < 4.78 is 10.9. The van der Waals surface area contributed by atoms with Gasteiger partial charge >= 0.3 is 0 Å². The highest BCUT2D eigenvalue weighted by molar-refractivity contribution is 6.36. The number of nitro groups is 2. The maximum Gasteiger partial charge on any atom is 0.294 e. The van der Waals surface area contributed by atoms with E-state index in [0.717, 1.165) is 0 Å². The average molecular weight is 386 g/mol. The van der Waals surface area contributed by atoms with Gasteiger partial charge in [-0.15, -0.1) is 0 Å². The van der Waals surface area contributed by atoms with Gasteiger partial charge in [-0.2, -0.15) is 0 Å². The van der Waals surface area contributed by atoms with Gasteiger partial charge in [-0.05, 0) is 26.0 Å². The molecule has 0 bridgehead atoms. The third-order valence-corrected chi connectivity index (χ3v) is 3.35. The van der Waals surface area contributed by atoms with Gasteiger partial charge in [-0.1, -0.05) is 24.3 Å². The van der Waals surface area contributed by atoms with E-state index < -0.39 is 9.85 Å². The van der Waals surface area contributed by atoms with Crippen LogP contribution < -0.4 is 0 Å². The molecule has 0 aliphatic carbocycles. The summed E-state index contributed by atoms with van der Waals surface area (Å²) in [6, 6.07) is 11.7. The van der Waals surface area contributed by atoms with Gasteiger partial charge in [0.1, 0.15) is 11.4 Å². The van der Waals surface area contributed by atoms with Crippen molar-refractivity contribution in [3.63, 3.8) is 0 Å². The van der Waals surface area contributed by atoms with Gasteiger partial charge in [-0.3, -0.25) is 20.2 Å². The summed E-state index contributed by atoms with van der Waals surface area (Å²) >= 11 is 0. The van der Waals surface area contributed by atoms with Crippen LogP contribution in [0.3, 0.4) is 0 Å². The van der Waals surface area contributed by atoms with E-state index in [4.69, 9.17) is 9.47 Å². The van der Waals surface area contributed by atoms with Gasteiger partial charge < -0.3 is 9.47 Å². The Morgan fingerprint density at radius 1 is 0.786 bits per heavy atom. The van der Waals surface area contributed by atoms with Gasteiger partial charge in [0, 0.05) is 12.1 Å². The molecule has 0 aromatic heterocycles. The molecule has 0 radical (unpaired) electrons. The minimum Gasteiger partial charge on any atom is -0.474 e. The Kier molecular flexibility index (Phi) is 7.14. The molecule has 0 saturated heterocycles. The second-order valence-electron chi connectivity index (χ2n) is 5.19. The molecule has 10 heteroatoms. The minimum atomic E-state index is -0.568. The first kappa shape index (κ1) is 20.5. The van der Waals surface area contributed by atoms with Gasteiger partial charge in [0.2, 0.25) is 0 Å². The van der Waals surface area contributed by atoms with E-state index in [-0.39, 0.29) is 47.8 Å². The van der Waals surface area contributed by atoms with Gasteiger partial charge in [0.15, 0.2) is 0 Å². The van der Waals surface area contributed by atoms with Crippen LogP contribution >= 0.6 is 0 Å². The standard InChI is InChI=1S/C18H18N4O6/c1-3-27-17(19-13-9-5-7-11-15(13)21(23)24)18(28-4-2)20-14-10-6-8-12-16(14)22(25)26/h5-12H,3-4H2,1-2H3. The lowest BCUT2D eigenvalue weighted by Crippen LogP contribution is -2.21. The predicted octanol–water partition coefficient (Wildman–Crippen LogP) is 4.34. The minimum absolute atomic E-state index is 0.0471. The van der Waals surface area contributed by atoms with Crippen LogP contribution in [0.25, 0.3) is 0 Å². The molecule has 2 rings (SSSR count). The third kappa shape index (κ3) is 5.10. The van der Waals surface area contributed by atoms with Crippen LogP contribution in [-0.2, 0) is 9.47 Å². The van der Waals surface area contributed by atoms with E-state index in [9.17, 15) is 20.2 Å². The van der Waals surface area contributed by atoms with Crippen LogP contribution in [0, 0.1) is 20.2 Å². The van der Waals surface area contributed by atoms with Crippen molar-refractivity contribution in [3.8, 4) is 0 Å². The molecule has 28 heavy (non-hydrogen) atoms. The number of hydrogen-bond acceptors (Lipinski definition) is 8. The Balaban J connectivity index is 2.61. The van der Waals surface area contributed by atoms with Crippen molar-refractivity contribution >= 4 is 34.5 Å². The second-order valence-corrected chi connectivity index (χ2v) is 5.19. The highest BCUT2D eigenvalue weighted by Crippen LogP contribution is 2.29. The molecular weight excluding hydrogens is 368 g/mol. The first-order chi connectivity index (χ1) is 13.5. The molecule has 0 saturated carbocycles. The zero-order chi connectivity index (χ0) is 20.5. The average Bonchev–Trinajstić information content (AvgIpc) is 2.68. The van der Waals surface area contributed by atoms with E-state index in [1.54, 1.807) is 26.0 Å². The van der Waals surface area contributed by atoms with Crippen LogP contribution in [0.5, 0.6) is 0 Å². The Bertz CT molecular complexity index is 850. The molecule has 0 atom stereocenters. The quantitative estimate of drug-likeness (QED) is 0.314. The molecule has 10 nitrogen and oxygen atoms in total. The molecule has 0 aliphatic rings. The van der Waals surface area contributed by atoms with Crippen LogP contribution in [0.2, 0.25) is 0 Å². The second kappa shape index (κ2) is 9.76. The number of nitro benzene ring substituents is 2. The molecular formula is C18H18N4O6. The highest BCUT2D eigenvalue weighted by Gasteiger charge is 2.20. The zero-order valence-corrected chi connectivity index (χ0v) is 15.3. The summed E-state index contributed by atoms with van der Waals surface area (Å²) in [5.74, 6) is -0.228. The summed E-state index contributed by atoms with van der Waals surface area (Å²) in [6.45, 7) is 3.76. The van der Waals surface area contributed by atoms with Crippen molar-refractivity contribution < 1.29 is 19.3 Å². The van der Waals surface area contributed by atoms with E-state index in [0.29, 0.717) is 0 Å². The van der Waals surface area contributed by atoms with Crippen molar-refractivity contribution in [2.24, 2.45) is 9.98 Å². The molecule has 2 aromatic rings. The molecule has 0 spiro atoms. The normalized spacial score (nSPS) is 11.8. The van der Waals surface area contributed by atoms with E-state index in [1.165, 1.54) is 36.4 Å². The first-order valence-electron chi connectivity index (χ1n) is 8.38. The SMILES string of the molecule is CCOC(=Nc1ccccc1[N+](=O)[O-])C(=Nc1ccccc1[N+](=O)[O-])OCC. The highest BCUT2D eigenvalue weighted by atomic mass is 16.6. The molecule has 0 fully saturated rings. The third-order valence-electron chi connectivity index (χ3n) is 3.35. The van der Waals surface area contributed by atoms with Gasteiger partial charge in [0.25, 0.3) is 23.2 Å². The fourth-order valence-corrected chi connectivity index (χ4v) is 2.20. The topological polar surface area (TPSA) is 129 Å². The molecule has 0 aliphatic heterocycles. The van der Waals surface area contributed by atoms with Crippen molar-refractivity contribution in [1.29, 1.82) is 0 Å². The molecule has 0 N–H and O–H groups in total. The first-order valence-corrected chi connectivity index (χ1v) is 8.38. The lowest BCUT2D eigenvalue weighted by Gasteiger charge is -2.11. The summed E-state index contributed by atoms with van der Waals surface area (Å²) in [6.07, 6.45) is 0. The van der Waals surface area contributed by atoms with E-state index >= 15 is 0 Å². The summed E-state index contributed by atoms with van der Waals surface area (Å²) in [4.78, 5) is 29.7. The molecule has 0 amide bonds. The number of hydrogen-bond donors (Lipinski definition) is 0. The Morgan fingerprint density at radius 3 is 1.46 bits per heavy atom. The van der Waals surface area contributed by atoms with Crippen molar-refractivity contribution in [3.05, 3.63) is 68.8 Å². The van der Waals surface area contributed by atoms with Crippen molar-refractivity contribution in [2.45, 2.75) is 13.8 Å². The Morgan fingerprint density at radius 2 is 1.14 bits per heavy atom. The Hall–Kier alpha value is -3.82. The van der Waals surface area contributed by atoms with Crippen molar-refractivity contribution in [2.75, 3.05) is 13.2 Å². The summed E-state index contributed by atoms with van der Waals surface area (Å²) in [5.41, 5.74) is -0.348. The number of aliphatic imine (C=N–C) groups is 2. The van der Waals surface area contributed by atoms with Crippen LogP contribution in [0.1, 0.15) is 13.8 Å². The van der Waals surface area contributed by atoms with Crippen LogP contribution in [-0.4, -0.2) is 34.9 Å². The summed E-state index contributed by atoms with van der Waals surface area (Å²) in [5, 5.41) is 22.5. The molecule has 2 aromatic carbocycles. The molecule has 0 heterocycles. The Labute approximate surface area is 160 Å². The number of rotatable bonds is 6. The largest absolute Gasteiger partial charge is 0.474 e. The zero-order valence-electron chi connectivity index (χ0n) is 15.3. The van der Waals surface area contributed by atoms with Gasteiger partial charge in [-0.25, -0.2) is 9.98 Å². The fraction of sp³-hybridized carbons (Fsp3) is 0.222. The predicted molar refractivity (Wildman–Crippen MR) is 104 cm³/mol. The number of benzene rings is 2. The molecule has 146 valence electrons. The number of nitrogens with zero attached hydrogens (tertiary/aromatic N) is 4. The van der Waals surface area contributed by atoms with Gasteiger partial charge in [0.05, 0.1) is 23.1 Å². The van der Waals surface area contributed by atoms with Crippen LogP contribution in [0.15, 0.2) is 58.5 Å². The van der Waals surface area contributed by atoms with E-state index in [1.807, 2.05) is 0 Å². The van der Waals surface area contributed by atoms with Crippen LogP contribution in [0.4, 0.5) is 22.7 Å². The smallest absolute Gasteiger partial charge is 0.294 e. The lowest BCUT2D eigenvalue weighted by molar-refractivity contribution is -0.384. The van der Waals surface area contributed by atoms with Crippen molar-refractivity contribution in [1.82, 2.24) is 0 Å².